The molecule has 122 valence electrons. The lowest BCUT2D eigenvalue weighted by Crippen LogP contribution is -2.32. The molecule has 0 spiro atoms. The first kappa shape index (κ1) is 17.1. The summed E-state index contributed by atoms with van der Waals surface area (Å²) < 4.78 is 14.1. The summed E-state index contributed by atoms with van der Waals surface area (Å²) in [7, 11) is -1.68. The summed E-state index contributed by atoms with van der Waals surface area (Å²) >= 11 is 0. The molecule has 1 unspecified atom stereocenters. The number of pyridine rings is 1. The first-order chi connectivity index (χ1) is 10.9. The summed E-state index contributed by atoms with van der Waals surface area (Å²) in [6.07, 6.45) is 1.69. The second-order valence-corrected chi connectivity index (χ2v) is 6.96. The Morgan fingerprint density at radius 1 is 1.30 bits per heavy atom. The summed E-state index contributed by atoms with van der Waals surface area (Å²) in [5.41, 5.74) is 2.62. The molecule has 0 aliphatic carbocycles. The Bertz CT molecular complexity index is 714. The van der Waals surface area contributed by atoms with Crippen molar-refractivity contribution in [2.75, 3.05) is 10.8 Å². The molecular formula is C17H20N2O3S. The Hall–Kier alpha value is -2.21. The summed E-state index contributed by atoms with van der Waals surface area (Å²) in [6.45, 7) is 5.65. The Morgan fingerprint density at radius 3 is 2.57 bits per heavy atom. The van der Waals surface area contributed by atoms with Gasteiger partial charge in [0, 0.05) is 6.20 Å². The fraction of sp³-hybridized carbons (Fsp3) is 0.294. The summed E-state index contributed by atoms with van der Waals surface area (Å²) in [6, 6.07) is 10.8. The van der Waals surface area contributed by atoms with Gasteiger partial charge in [-0.1, -0.05) is 32.0 Å². The van der Waals surface area contributed by atoms with Gasteiger partial charge in [0.15, 0.2) is 11.0 Å². The van der Waals surface area contributed by atoms with Gasteiger partial charge in [-0.25, -0.2) is 9.19 Å². The third-order valence-corrected chi connectivity index (χ3v) is 4.71. The summed E-state index contributed by atoms with van der Waals surface area (Å²) in [5, 5.41) is 9.48. The average molecular weight is 332 g/mol. The number of hydrogen-bond acceptors (Lipinski definition) is 3. The Balaban J connectivity index is 2.34. The van der Waals surface area contributed by atoms with Crippen molar-refractivity contribution in [3.8, 4) is 0 Å². The minimum Gasteiger partial charge on any atom is -0.480 e. The Kier molecular flexibility index (Phi) is 5.50. The van der Waals surface area contributed by atoms with Gasteiger partial charge >= 0.3 is 5.97 Å². The van der Waals surface area contributed by atoms with Gasteiger partial charge in [-0.15, -0.1) is 0 Å². The highest BCUT2D eigenvalue weighted by molar-refractivity contribution is 7.86. The number of carboxylic acid groups (broad SMARTS) is 1. The lowest BCUT2D eigenvalue weighted by molar-refractivity contribution is -0.135. The Morgan fingerprint density at radius 2 is 2.04 bits per heavy atom. The maximum Gasteiger partial charge on any atom is 0.324 e. The first-order valence-electron chi connectivity index (χ1n) is 7.32. The van der Waals surface area contributed by atoms with Crippen LogP contribution in [0.5, 0.6) is 0 Å². The van der Waals surface area contributed by atoms with E-state index < -0.39 is 17.0 Å². The van der Waals surface area contributed by atoms with Crippen LogP contribution in [0.3, 0.4) is 0 Å². The molecule has 0 radical (unpaired) electrons. The van der Waals surface area contributed by atoms with Crippen LogP contribution < -0.4 is 4.31 Å². The van der Waals surface area contributed by atoms with Gasteiger partial charge in [-0.3, -0.25) is 9.10 Å². The van der Waals surface area contributed by atoms with E-state index >= 15 is 0 Å². The van der Waals surface area contributed by atoms with Crippen molar-refractivity contribution >= 4 is 22.6 Å². The zero-order valence-electron chi connectivity index (χ0n) is 13.4. The highest BCUT2D eigenvalue weighted by atomic mass is 32.2. The predicted molar refractivity (Wildman–Crippen MR) is 90.9 cm³/mol. The minimum absolute atomic E-state index is 0.330. The van der Waals surface area contributed by atoms with Crippen LogP contribution in [-0.2, 0) is 15.8 Å². The number of aromatic nitrogens is 1. The third-order valence-electron chi connectivity index (χ3n) is 3.37. The van der Waals surface area contributed by atoms with Crippen LogP contribution in [0.25, 0.3) is 0 Å². The van der Waals surface area contributed by atoms with E-state index in [0.717, 1.165) is 11.1 Å². The normalized spacial score (nSPS) is 12.2. The number of rotatable bonds is 6. The molecule has 0 saturated heterocycles. The fourth-order valence-electron chi connectivity index (χ4n) is 2.10. The second kappa shape index (κ2) is 7.37. The van der Waals surface area contributed by atoms with E-state index in [1.165, 1.54) is 4.31 Å². The van der Waals surface area contributed by atoms with Crippen LogP contribution in [0.15, 0.2) is 47.6 Å². The molecular weight excluding hydrogens is 312 g/mol. The maximum absolute atomic E-state index is 12.8. The van der Waals surface area contributed by atoms with Gasteiger partial charge in [0.05, 0.1) is 5.69 Å². The molecule has 23 heavy (non-hydrogen) atoms. The molecule has 6 heteroatoms. The average Bonchev–Trinajstić information content (AvgIpc) is 2.52. The number of aryl methyl sites for hydroxylation is 1. The molecule has 1 aromatic carbocycles. The van der Waals surface area contributed by atoms with Crippen LogP contribution >= 0.6 is 0 Å². The van der Waals surface area contributed by atoms with Crippen LogP contribution in [0, 0.1) is 6.92 Å². The van der Waals surface area contributed by atoms with Crippen molar-refractivity contribution < 1.29 is 14.1 Å². The van der Waals surface area contributed by atoms with E-state index in [4.69, 9.17) is 5.11 Å². The topological polar surface area (TPSA) is 70.5 Å². The summed E-state index contributed by atoms with van der Waals surface area (Å²) in [4.78, 5) is 15.4. The third kappa shape index (κ3) is 4.39. The van der Waals surface area contributed by atoms with E-state index in [2.05, 4.69) is 18.8 Å². The van der Waals surface area contributed by atoms with Crippen LogP contribution in [-0.4, -0.2) is 26.8 Å². The van der Waals surface area contributed by atoms with E-state index in [0.29, 0.717) is 16.6 Å². The van der Waals surface area contributed by atoms with Crippen LogP contribution in [0.1, 0.15) is 30.9 Å². The number of hydrogen-bond donors (Lipinski definition) is 1. The molecule has 5 nitrogen and oxygen atoms in total. The van der Waals surface area contributed by atoms with Crippen molar-refractivity contribution in [3.05, 3.63) is 53.7 Å². The molecule has 0 saturated carbocycles. The van der Waals surface area contributed by atoms with E-state index in [9.17, 15) is 9.00 Å². The molecule has 1 atom stereocenters. The monoisotopic (exact) mass is 332 g/mol. The highest BCUT2D eigenvalue weighted by Crippen LogP contribution is 2.22. The predicted octanol–water partition coefficient (Wildman–Crippen LogP) is 3.13. The quantitative estimate of drug-likeness (QED) is 0.882. The minimum atomic E-state index is -1.68. The van der Waals surface area contributed by atoms with Gasteiger partial charge in [0.2, 0.25) is 0 Å². The van der Waals surface area contributed by atoms with Crippen LogP contribution in [0.4, 0.5) is 5.69 Å². The largest absolute Gasteiger partial charge is 0.480 e. The maximum atomic E-state index is 12.8. The zero-order valence-corrected chi connectivity index (χ0v) is 14.2. The second-order valence-electron chi connectivity index (χ2n) is 5.60. The molecule has 0 fully saturated rings. The molecule has 0 bridgehead atoms. The van der Waals surface area contributed by atoms with E-state index in [1.54, 1.807) is 18.3 Å². The number of benzene rings is 1. The van der Waals surface area contributed by atoms with E-state index in [-0.39, 0.29) is 6.54 Å². The van der Waals surface area contributed by atoms with Gasteiger partial charge < -0.3 is 5.11 Å². The van der Waals surface area contributed by atoms with Crippen molar-refractivity contribution in [2.45, 2.75) is 31.7 Å². The highest BCUT2D eigenvalue weighted by Gasteiger charge is 2.20. The van der Waals surface area contributed by atoms with Gasteiger partial charge in [0.25, 0.3) is 0 Å². The van der Waals surface area contributed by atoms with Crippen molar-refractivity contribution in [1.29, 1.82) is 0 Å². The summed E-state index contributed by atoms with van der Waals surface area (Å²) in [5.74, 6) is -0.712. The molecule has 0 aliphatic rings. The van der Waals surface area contributed by atoms with Gasteiger partial charge in [0.1, 0.15) is 11.6 Å². The van der Waals surface area contributed by atoms with Gasteiger partial charge in [-0.2, -0.15) is 0 Å². The molecule has 1 aromatic heterocycles. The lowest BCUT2D eigenvalue weighted by Gasteiger charge is -2.21. The van der Waals surface area contributed by atoms with Crippen molar-refractivity contribution in [3.63, 3.8) is 0 Å². The number of carbonyl (C=O) groups is 1. The SMILES string of the molecule is Cc1cccc(N(CC(=O)O)S(=O)c2ccc(C(C)C)cn2)c1. The molecule has 1 N–H and O–H groups in total. The zero-order chi connectivity index (χ0) is 17.0. The number of nitrogens with zero attached hydrogens (tertiary/aromatic N) is 2. The molecule has 2 rings (SSSR count). The molecule has 2 aromatic rings. The molecule has 0 amide bonds. The molecule has 0 aliphatic heterocycles. The number of carboxylic acids is 1. The smallest absolute Gasteiger partial charge is 0.324 e. The van der Waals surface area contributed by atoms with Crippen molar-refractivity contribution in [2.24, 2.45) is 0 Å². The molecule has 1 heterocycles. The first-order valence-corrected chi connectivity index (χ1v) is 8.43. The lowest BCUT2D eigenvalue weighted by atomic mass is 10.1. The number of anilines is 1. The van der Waals surface area contributed by atoms with Crippen molar-refractivity contribution in [1.82, 2.24) is 4.98 Å². The fourth-order valence-corrected chi connectivity index (χ4v) is 3.19. The van der Waals surface area contributed by atoms with Gasteiger partial charge in [-0.05, 0) is 42.2 Å². The van der Waals surface area contributed by atoms with Crippen LogP contribution in [0.2, 0.25) is 0 Å². The standard InChI is InChI=1S/C17H20N2O3S/c1-12(2)14-7-8-16(18-10-14)23(22)19(11-17(20)21)15-6-4-5-13(3)9-15/h4-10,12H,11H2,1-3H3,(H,20,21). The number of aliphatic carboxylic acids is 1. The van der Waals surface area contributed by atoms with E-state index in [1.807, 2.05) is 31.2 Å². The Labute approximate surface area is 138 Å².